The zero-order valence-electron chi connectivity index (χ0n) is 19.4. The average molecular weight is 452 g/mol. The zero-order valence-corrected chi connectivity index (χ0v) is 19.4. The van der Waals surface area contributed by atoms with Gasteiger partial charge in [0.25, 0.3) is 0 Å². The molecule has 0 atom stereocenters. The Morgan fingerprint density at radius 3 is 2.19 bits per heavy atom. The Bertz CT molecular complexity index is 925. The van der Waals surface area contributed by atoms with Crippen molar-refractivity contribution in [3.8, 4) is 11.6 Å². The Labute approximate surface area is 188 Å². The van der Waals surface area contributed by atoms with Crippen LogP contribution in [0.4, 0.5) is 24.7 Å². The minimum atomic E-state index is -4.44. The van der Waals surface area contributed by atoms with Gasteiger partial charge in [-0.25, -0.2) is 4.98 Å². The molecule has 2 aromatic rings. The van der Waals surface area contributed by atoms with Crippen molar-refractivity contribution in [2.45, 2.75) is 85.1 Å². The molecule has 1 aliphatic rings. The molecule has 0 radical (unpaired) electrons. The molecule has 176 valence electrons. The monoisotopic (exact) mass is 451 g/mol. The van der Waals surface area contributed by atoms with Crippen molar-refractivity contribution in [2.75, 3.05) is 11.4 Å². The van der Waals surface area contributed by atoms with Gasteiger partial charge >= 0.3 is 6.18 Å². The summed E-state index contributed by atoms with van der Waals surface area (Å²) in [4.78, 5) is 11.1. The molecule has 0 saturated carbocycles. The maximum Gasteiger partial charge on any atom is 0.416 e. The van der Waals surface area contributed by atoms with Gasteiger partial charge in [-0.1, -0.05) is 27.7 Å². The highest BCUT2D eigenvalue weighted by Crippen LogP contribution is 2.44. The first kappa shape index (κ1) is 24.1. The molecule has 1 aromatic heterocycles. The van der Waals surface area contributed by atoms with Crippen molar-refractivity contribution in [2.24, 2.45) is 0 Å². The number of fused-ring (bicyclic) bond motifs is 1. The number of hydrogen-bond donors (Lipinski definition) is 0. The molecule has 2 heterocycles. The third kappa shape index (κ3) is 5.10. The van der Waals surface area contributed by atoms with E-state index in [1.807, 2.05) is 18.7 Å². The largest absolute Gasteiger partial charge is 0.488 e. The van der Waals surface area contributed by atoms with Crippen LogP contribution in [-0.2, 0) is 12.6 Å². The van der Waals surface area contributed by atoms with Gasteiger partial charge in [-0.05, 0) is 57.2 Å². The van der Waals surface area contributed by atoms with E-state index in [1.54, 1.807) is 6.92 Å². The van der Waals surface area contributed by atoms with E-state index in [0.717, 1.165) is 30.5 Å². The lowest BCUT2D eigenvalue weighted by molar-refractivity contribution is -0.137. The van der Waals surface area contributed by atoms with Gasteiger partial charge in [0.2, 0.25) is 5.88 Å². The van der Waals surface area contributed by atoms with Crippen molar-refractivity contribution in [3.63, 3.8) is 0 Å². The van der Waals surface area contributed by atoms with Crippen LogP contribution in [0.1, 0.15) is 70.3 Å². The Morgan fingerprint density at radius 2 is 1.59 bits per heavy atom. The second-order valence-electron chi connectivity index (χ2n) is 8.07. The number of halogens is 3. The summed E-state index contributed by atoms with van der Waals surface area (Å²) in [5, 5.41) is 0. The van der Waals surface area contributed by atoms with Gasteiger partial charge in [0.1, 0.15) is 17.4 Å². The molecule has 5 nitrogen and oxygen atoms in total. The van der Waals surface area contributed by atoms with Gasteiger partial charge in [-0.2, -0.15) is 18.2 Å². The zero-order chi connectivity index (χ0) is 23.5. The highest BCUT2D eigenvalue weighted by molar-refractivity contribution is 5.73. The van der Waals surface area contributed by atoms with Crippen LogP contribution in [0.2, 0.25) is 0 Å². The number of anilines is 2. The van der Waals surface area contributed by atoms with E-state index in [9.17, 15) is 13.2 Å². The first-order valence-corrected chi connectivity index (χ1v) is 11.4. The predicted molar refractivity (Wildman–Crippen MR) is 119 cm³/mol. The molecule has 0 saturated heterocycles. The van der Waals surface area contributed by atoms with Crippen molar-refractivity contribution in [1.82, 2.24) is 9.97 Å². The molecule has 1 aliphatic heterocycles. The summed E-state index contributed by atoms with van der Waals surface area (Å²) in [6, 6.07) is 3.68. The number of hydrogen-bond acceptors (Lipinski definition) is 5. The van der Waals surface area contributed by atoms with Crippen LogP contribution in [0.15, 0.2) is 18.2 Å². The van der Waals surface area contributed by atoms with Gasteiger partial charge in [0, 0.05) is 6.54 Å². The van der Waals surface area contributed by atoms with Crippen LogP contribution in [0, 0.1) is 6.92 Å². The fourth-order valence-corrected chi connectivity index (χ4v) is 3.92. The molecule has 0 fully saturated rings. The first-order chi connectivity index (χ1) is 15.2. The number of alkyl halides is 3. The van der Waals surface area contributed by atoms with Crippen LogP contribution in [0.25, 0.3) is 0 Å². The lowest BCUT2D eigenvalue weighted by atomic mass is 10.1. The molecular weight excluding hydrogens is 419 g/mol. The molecule has 3 rings (SSSR count). The smallest absolute Gasteiger partial charge is 0.416 e. The van der Waals surface area contributed by atoms with E-state index in [-0.39, 0.29) is 18.0 Å². The van der Waals surface area contributed by atoms with Gasteiger partial charge < -0.3 is 14.4 Å². The van der Waals surface area contributed by atoms with Crippen molar-refractivity contribution < 1.29 is 22.6 Å². The second-order valence-corrected chi connectivity index (χ2v) is 8.07. The van der Waals surface area contributed by atoms with Gasteiger partial charge in [-0.3, -0.25) is 0 Å². The van der Waals surface area contributed by atoms with E-state index >= 15 is 0 Å². The Kier molecular flexibility index (Phi) is 7.51. The Hall–Kier alpha value is -2.51. The summed E-state index contributed by atoms with van der Waals surface area (Å²) in [7, 11) is 0. The highest BCUT2D eigenvalue weighted by atomic mass is 19.4. The number of rotatable bonds is 9. The number of benzene rings is 1. The molecule has 32 heavy (non-hydrogen) atoms. The van der Waals surface area contributed by atoms with E-state index in [4.69, 9.17) is 9.47 Å². The standard InChI is InChI=1S/C24H32F3N3O2/c1-6-17(7-2)31-21-14-16(24(25,26)27)10-11-20(21)30-13-12-19-22(30)28-15(5)29-23(19)32-18(8-3)9-4/h10-11,14,17-18H,6-9,12-13H2,1-5H3. The summed E-state index contributed by atoms with van der Waals surface area (Å²) < 4.78 is 52.4. The molecule has 0 N–H and O–H groups in total. The van der Waals surface area contributed by atoms with Crippen LogP contribution in [-0.4, -0.2) is 28.7 Å². The Morgan fingerprint density at radius 1 is 0.969 bits per heavy atom. The SMILES string of the molecule is CCC(CC)Oc1cc(C(F)(F)F)ccc1N1CCc2c(OC(CC)CC)nc(C)nc21. The van der Waals surface area contributed by atoms with E-state index < -0.39 is 11.7 Å². The fourth-order valence-electron chi connectivity index (χ4n) is 3.92. The summed E-state index contributed by atoms with van der Waals surface area (Å²) >= 11 is 0. The lowest BCUT2D eigenvalue weighted by Gasteiger charge is -2.26. The molecule has 0 spiro atoms. The van der Waals surface area contributed by atoms with Crippen molar-refractivity contribution in [1.29, 1.82) is 0 Å². The average Bonchev–Trinajstić information content (AvgIpc) is 3.18. The van der Waals surface area contributed by atoms with Gasteiger partial charge in [0.05, 0.1) is 29.0 Å². The predicted octanol–water partition coefficient (Wildman–Crippen LogP) is 6.63. The van der Waals surface area contributed by atoms with Crippen LogP contribution in [0.3, 0.4) is 0 Å². The molecule has 0 amide bonds. The van der Waals surface area contributed by atoms with Crippen molar-refractivity contribution >= 4 is 11.5 Å². The summed E-state index contributed by atoms with van der Waals surface area (Å²) in [5.41, 5.74) is 0.740. The molecular formula is C24H32F3N3O2. The summed E-state index contributed by atoms with van der Waals surface area (Å²) in [6.45, 7) is 10.4. The molecule has 8 heteroatoms. The first-order valence-electron chi connectivity index (χ1n) is 11.4. The number of ether oxygens (including phenoxy) is 2. The molecule has 1 aromatic carbocycles. The third-order valence-electron chi connectivity index (χ3n) is 5.87. The maximum atomic E-state index is 13.4. The highest BCUT2D eigenvalue weighted by Gasteiger charge is 2.34. The Balaban J connectivity index is 2.05. The fraction of sp³-hybridized carbons (Fsp3) is 0.583. The van der Waals surface area contributed by atoms with E-state index in [0.29, 0.717) is 49.0 Å². The summed E-state index contributed by atoms with van der Waals surface area (Å²) in [5.74, 6) is 2.02. The van der Waals surface area contributed by atoms with Gasteiger partial charge in [0.15, 0.2) is 0 Å². The number of nitrogens with zero attached hydrogens (tertiary/aromatic N) is 3. The van der Waals surface area contributed by atoms with E-state index in [1.165, 1.54) is 6.07 Å². The molecule has 0 aliphatic carbocycles. The van der Waals surface area contributed by atoms with Crippen LogP contribution in [0.5, 0.6) is 11.6 Å². The molecule has 0 bridgehead atoms. The maximum absolute atomic E-state index is 13.4. The van der Waals surface area contributed by atoms with E-state index in [2.05, 4.69) is 23.8 Å². The minimum absolute atomic E-state index is 0.0577. The second kappa shape index (κ2) is 9.96. The quantitative estimate of drug-likeness (QED) is 0.428. The number of aryl methyl sites for hydroxylation is 1. The lowest BCUT2D eigenvalue weighted by Crippen LogP contribution is -2.20. The van der Waals surface area contributed by atoms with Crippen LogP contribution >= 0.6 is 0 Å². The minimum Gasteiger partial charge on any atom is -0.488 e. The normalized spacial score (nSPS) is 13.8. The molecule has 0 unspecified atom stereocenters. The third-order valence-corrected chi connectivity index (χ3v) is 5.87. The number of aromatic nitrogens is 2. The summed E-state index contributed by atoms with van der Waals surface area (Å²) in [6.07, 6.45) is -0.759. The topological polar surface area (TPSA) is 47.5 Å². The van der Waals surface area contributed by atoms with Crippen LogP contribution < -0.4 is 14.4 Å². The van der Waals surface area contributed by atoms with Crippen molar-refractivity contribution in [3.05, 3.63) is 35.2 Å². The van der Waals surface area contributed by atoms with Gasteiger partial charge in [-0.15, -0.1) is 0 Å².